The maximum absolute atomic E-state index is 7.03. The SMILES string of the molecule is Cc1cccc2c1OC(C1CCCCC1)(C1CCCCC1)CC2. The summed E-state index contributed by atoms with van der Waals surface area (Å²) in [6.45, 7) is 2.23. The number of rotatable bonds is 2. The molecule has 23 heavy (non-hydrogen) atoms. The predicted octanol–water partition coefficient (Wildman–Crippen LogP) is 6.22. The van der Waals surface area contributed by atoms with Crippen molar-refractivity contribution in [2.24, 2.45) is 11.8 Å². The van der Waals surface area contributed by atoms with Crippen molar-refractivity contribution in [2.45, 2.75) is 89.6 Å². The van der Waals surface area contributed by atoms with E-state index in [9.17, 15) is 0 Å². The molecule has 0 bridgehead atoms. The van der Waals surface area contributed by atoms with Gasteiger partial charge in [-0.3, -0.25) is 0 Å². The van der Waals surface area contributed by atoms with Crippen molar-refractivity contribution in [1.82, 2.24) is 0 Å². The van der Waals surface area contributed by atoms with Crippen LogP contribution in [0.15, 0.2) is 18.2 Å². The zero-order valence-electron chi connectivity index (χ0n) is 14.8. The minimum Gasteiger partial charge on any atom is -0.486 e. The average Bonchev–Trinajstić information content (AvgIpc) is 2.63. The van der Waals surface area contributed by atoms with Crippen LogP contribution in [-0.4, -0.2) is 5.60 Å². The van der Waals surface area contributed by atoms with E-state index in [1.165, 1.54) is 93.9 Å². The van der Waals surface area contributed by atoms with E-state index < -0.39 is 0 Å². The van der Waals surface area contributed by atoms with Crippen molar-refractivity contribution < 1.29 is 4.74 Å². The highest BCUT2D eigenvalue weighted by atomic mass is 16.5. The zero-order valence-corrected chi connectivity index (χ0v) is 14.8. The molecule has 1 heterocycles. The van der Waals surface area contributed by atoms with Crippen LogP contribution in [0.4, 0.5) is 0 Å². The molecule has 1 aromatic rings. The number of aryl methyl sites for hydroxylation is 2. The lowest BCUT2D eigenvalue weighted by atomic mass is 9.63. The van der Waals surface area contributed by atoms with E-state index in [1.54, 1.807) is 0 Å². The topological polar surface area (TPSA) is 9.23 Å². The Hall–Kier alpha value is -0.980. The van der Waals surface area contributed by atoms with Crippen molar-refractivity contribution >= 4 is 0 Å². The van der Waals surface area contributed by atoms with Crippen LogP contribution in [-0.2, 0) is 6.42 Å². The predicted molar refractivity (Wildman–Crippen MR) is 96.0 cm³/mol. The molecule has 0 amide bonds. The standard InChI is InChI=1S/C22H32O/c1-17-9-8-10-18-15-16-22(23-21(17)18,19-11-4-2-5-12-19)20-13-6-3-7-14-20/h8-10,19-20H,2-7,11-16H2,1H3. The van der Waals surface area contributed by atoms with Gasteiger partial charge < -0.3 is 4.74 Å². The van der Waals surface area contributed by atoms with Crippen LogP contribution in [0.1, 0.15) is 81.8 Å². The van der Waals surface area contributed by atoms with Gasteiger partial charge in [-0.15, -0.1) is 0 Å². The Balaban J connectivity index is 1.69. The first-order valence-electron chi connectivity index (χ1n) is 10.1. The number of hydrogen-bond donors (Lipinski definition) is 0. The molecule has 1 heteroatoms. The van der Waals surface area contributed by atoms with Crippen LogP contribution in [0, 0.1) is 18.8 Å². The summed E-state index contributed by atoms with van der Waals surface area (Å²) in [4.78, 5) is 0. The Morgan fingerprint density at radius 3 is 2.09 bits per heavy atom. The number of hydrogen-bond acceptors (Lipinski definition) is 1. The van der Waals surface area contributed by atoms with Crippen LogP contribution in [0.25, 0.3) is 0 Å². The monoisotopic (exact) mass is 312 g/mol. The first-order valence-corrected chi connectivity index (χ1v) is 10.1. The Morgan fingerprint density at radius 2 is 1.48 bits per heavy atom. The second-order valence-corrected chi connectivity index (χ2v) is 8.29. The summed E-state index contributed by atoms with van der Waals surface area (Å²) in [5, 5.41) is 0. The molecule has 2 saturated carbocycles. The lowest BCUT2D eigenvalue weighted by Crippen LogP contribution is -2.53. The summed E-state index contributed by atoms with van der Waals surface area (Å²) in [6, 6.07) is 6.72. The second kappa shape index (κ2) is 6.49. The fourth-order valence-corrected chi connectivity index (χ4v) is 5.72. The van der Waals surface area contributed by atoms with Gasteiger partial charge >= 0.3 is 0 Å². The second-order valence-electron chi connectivity index (χ2n) is 8.29. The van der Waals surface area contributed by atoms with Gasteiger partial charge in [-0.25, -0.2) is 0 Å². The van der Waals surface area contributed by atoms with E-state index >= 15 is 0 Å². The minimum atomic E-state index is 0.153. The van der Waals surface area contributed by atoms with Gasteiger partial charge in [-0.2, -0.15) is 0 Å². The van der Waals surface area contributed by atoms with Crippen molar-refractivity contribution in [1.29, 1.82) is 0 Å². The van der Waals surface area contributed by atoms with Gasteiger partial charge in [0.1, 0.15) is 11.4 Å². The molecule has 0 atom stereocenters. The summed E-state index contributed by atoms with van der Waals surface area (Å²) in [6.07, 6.45) is 16.6. The van der Waals surface area contributed by atoms with Gasteiger partial charge in [0.2, 0.25) is 0 Å². The van der Waals surface area contributed by atoms with Gasteiger partial charge in [-0.05, 0) is 68.4 Å². The van der Waals surface area contributed by atoms with Crippen molar-refractivity contribution in [3.63, 3.8) is 0 Å². The highest BCUT2D eigenvalue weighted by Crippen LogP contribution is 2.51. The molecule has 0 N–H and O–H groups in total. The normalized spacial score (nSPS) is 25.6. The van der Waals surface area contributed by atoms with Crippen LogP contribution >= 0.6 is 0 Å². The van der Waals surface area contributed by atoms with Gasteiger partial charge in [0.15, 0.2) is 0 Å². The highest BCUT2D eigenvalue weighted by Gasteiger charge is 2.49. The maximum atomic E-state index is 7.03. The zero-order chi connectivity index (χ0) is 15.7. The van der Waals surface area contributed by atoms with E-state index in [0.717, 1.165) is 11.8 Å². The number of para-hydroxylation sites is 1. The molecule has 4 rings (SSSR count). The fraction of sp³-hybridized carbons (Fsp3) is 0.727. The number of benzene rings is 1. The molecule has 2 aliphatic carbocycles. The lowest BCUT2D eigenvalue weighted by molar-refractivity contribution is -0.0839. The van der Waals surface area contributed by atoms with E-state index in [2.05, 4.69) is 25.1 Å². The lowest BCUT2D eigenvalue weighted by Gasteiger charge is -2.51. The quantitative estimate of drug-likeness (QED) is 0.630. The molecule has 0 spiro atoms. The Labute approximate surface area is 141 Å². The highest BCUT2D eigenvalue weighted by molar-refractivity contribution is 5.43. The maximum Gasteiger partial charge on any atom is 0.126 e. The molecule has 0 aromatic heterocycles. The van der Waals surface area contributed by atoms with Gasteiger partial charge in [0.05, 0.1) is 0 Å². The summed E-state index contributed by atoms with van der Waals surface area (Å²) in [5.74, 6) is 2.84. The molecular formula is C22H32O. The summed E-state index contributed by atoms with van der Waals surface area (Å²) in [5.41, 5.74) is 2.95. The molecule has 0 radical (unpaired) electrons. The smallest absolute Gasteiger partial charge is 0.126 e. The van der Waals surface area contributed by atoms with Crippen molar-refractivity contribution in [2.75, 3.05) is 0 Å². The molecule has 3 aliphatic rings. The van der Waals surface area contributed by atoms with Crippen LogP contribution in [0.3, 0.4) is 0 Å². The largest absolute Gasteiger partial charge is 0.486 e. The molecule has 0 saturated heterocycles. The van der Waals surface area contributed by atoms with Gasteiger partial charge in [0, 0.05) is 0 Å². The molecule has 1 nitrogen and oxygen atoms in total. The number of fused-ring (bicyclic) bond motifs is 1. The average molecular weight is 312 g/mol. The van der Waals surface area contributed by atoms with Crippen molar-refractivity contribution in [3.05, 3.63) is 29.3 Å². The molecule has 126 valence electrons. The van der Waals surface area contributed by atoms with Crippen LogP contribution < -0.4 is 4.74 Å². The van der Waals surface area contributed by atoms with E-state index in [-0.39, 0.29) is 5.60 Å². The molecular weight excluding hydrogens is 280 g/mol. The molecule has 1 aromatic carbocycles. The Morgan fingerprint density at radius 1 is 0.870 bits per heavy atom. The van der Waals surface area contributed by atoms with E-state index in [0.29, 0.717) is 0 Å². The van der Waals surface area contributed by atoms with Gasteiger partial charge in [0.25, 0.3) is 0 Å². The number of ether oxygens (including phenoxy) is 1. The van der Waals surface area contributed by atoms with Gasteiger partial charge in [-0.1, -0.05) is 56.7 Å². The fourth-order valence-electron chi connectivity index (χ4n) is 5.72. The minimum absolute atomic E-state index is 0.153. The van der Waals surface area contributed by atoms with Crippen LogP contribution in [0.5, 0.6) is 5.75 Å². The molecule has 2 fully saturated rings. The third-order valence-corrected chi connectivity index (χ3v) is 6.96. The molecule has 1 aliphatic heterocycles. The Bertz CT molecular complexity index is 517. The third-order valence-electron chi connectivity index (χ3n) is 6.96. The first-order chi connectivity index (χ1) is 11.3. The molecule has 0 unspecified atom stereocenters. The summed E-state index contributed by atoms with van der Waals surface area (Å²) in [7, 11) is 0. The van der Waals surface area contributed by atoms with Crippen LogP contribution in [0.2, 0.25) is 0 Å². The summed E-state index contributed by atoms with van der Waals surface area (Å²) < 4.78 is 7.03. The van der Waals surface area contributed by atoms with E-state index in [4.69, 9.17) is 4.74 Å². The van der Waals surface area contributed by atoms with E-state index in [1.807, 2.05) is 0 Å². The third kappa shape index (κ3) is 2.81. The van der Waals surface area contributed by atoms with Crippen molar-refractivity contribution in [3.8, 4) is 5.75 Å². The summed E-state index contributed by atoms with van der Waals surface area (Å²) >= 11 is 0. The first kappa shape index (κ1) is 15.5. The Kier molecular flexibility index (Phi) is 4.39.